The normalized spacial score (nSPS) is 24.4. The number of nitrogens with zero attached hydrogens (tertiary/aromatic N) is 2. The lowest BCUT2D eigenvalue weighted by Gasteiger charge is -2.33. The average Bonchev–Trinajstić information content (AvgIpc) is 3.22. The summed E-state index contributed by atoms with van der Waals surface area (Å²) >= 11 is 0. The highest BCUT2D eigenvalue weighted by molar-refractivity contribution is 5.78. The van der Waals surface area contributed by atoms with Crippen LogP contribution in [0, 0.1) is 5.92 Å². The topological polar surface area (TPSA) is 35.6 Å². The molecule has 110 valence electrons. The zero-order valence-electron chi connectivity index (χ0n) is 12.5. The number of carbonyl (C=O) groups is 1. The summed E-state index contributed by atoms with van der Waals surface area (Å²) in [5, 5.41) is 3.62. The Morgan fingerprint density at radius 2 is 2.00 bits per heavy atom. The molecule has 2 aliphatic rings. The van der Waals surface area contributed by atoms with E-state index in [1.807, 2.05) is 4.90 Å². The van der Waals surface area contributed by atoms with Gasteiger partial charge in [-0.25, -0.2) is 0 Å². The smallest absolute Gasteiger partial charge is 0.236 e. The maximum absolute atomic E-state index is 12.1. The molecule has 19 heavy (non-hydrogen) atoms. The van der Waals surface area contributed by atoms with Crippen LogP contribution in [0.4, 0.5) is 0 Å². The molecule has 2 fully saturated rings. The molecule has 0 spiro atoms. The van der Waals surface area contributed by atoms with Crippen LogP contribution in [0.2, 0.25) is 0 Å². The van der Waals surface area contributed by atoms with Gasteiger partial charge in [-0.2, -0.15) is 0 Å². The first-order valence-electron chi connectivity index (χ1n) is 7.96. The van der Waals surface area contributed by atoms with Gasteiger partial charge in [0.15, 0.2) is 0 Å². The third-order valence-electron chi connectivity index (χ3n) is 4.35. The Labute approximate surface area is 117 Å². The molecule has 1 heterocycles. The van der Waals surface area contributed by atoms with E-state index in [2.05, 4.69) is 24.1 Å². The van der Waals surface area contributed by atoms with Gasteiger partial charge in [-0.1, -0.05) is 0 Å². The van der Waals surface area contributed by atoms with Gasteiger partial charge in [0.25, 0.3) is 0 Å². The fraction of sp³-hybridized carbons (Fsp3) is 0.933. The molecule has 1 atom stereocenters. The van der Waals surface area contributed by atoms with Crippen molar-refractivity contribution >= 4 is 5.91 Å². The van der Waals surface area contributed by atoms with E-state index in [1.54, 1.807) is 0 Å². The lowest BCUT2D eigenvalue weighted by Crippen LogP contribution is -2.45. The number of hydrogen-bond acceptors (Lipinski definition) is 3. The second-order valence-electron chi connectivity index (χ2n) is 5.99. The van der Waals surface area contributed by atoms with Gasteiger partial charge in [0.05, 0.1) is 6.54 Å². The number of rotatable bonds is 7. The molecular formula is C15H29N3O. The van der Waals surface area contributed by atoms with Gasteiger partial charge in [-0.05, 0) is 58.5 Å². The van der Waals surface area contributed by atoms with Gasteiger partial charge in [0.2, 0.25) is 5.91 Å². The minimum absolute atomic E-state index is 0.292. The molecule has 0 radical (unpaired) electrons. The molecule has 1 amide bonds. The lowest BCUT2D eigenvalue weighted by atomic mass is 9.98. The van der Waals surface area contributed by atoms with Crippen LogP contribution in [0.5, 0.6) is 0 Å². The fourth-order valence-corrected chi connectivity index (χ4v) is 2.95. The summed E-state index contributed by atoms with van der Waals surface area (Å²) in [7, 11) is 0. The summed E-state index contributed by atoms with van der Waals surface area (Å²) < 4.78 is 0. The van der Waals surface area contributed by atoms with E-state index in [0.29, 0.717) is 12.5 Å². The number of amides is 1. The Bertz CT molecular complexity index is 287. The van der Waals surface area contributed by atoms with Crippen LogP contribution in [0.3, 0.4) is 0 Å². The molecule has 0 aromatic carbocycles. The summed E-state index contributed by atoms with van der Waals surface area (Å²) in [6.07, 6.45) is 5.27. The minimum Gasteiger partial charge on any atom is -0.342 e. The lowest BCUT2D eigenvalue weighted by molar-refractivity contribution is -0.132. The van der Waals surface area contributed by atoms with E-state index in [-0.39, 0.29) is 0 Å². The van der Waals surface area contributed by atoms with Gasteiger partial charge in [-0.15, -0.1) is 0 Å². The third-order valence-corrected chi connectivity index (χ3v) is 4.35. The molecule has 1 unspecified atom stereocenters. The number of carbonyl (C=O) groups excluding carboxylic acids is 1. The molecule has 4 nitrogen and oxygen atoms in total. The first-order chi connectivity index (χ1) is 9.22. The highest BCUT2D eigenvalue weighted by Crippen LogP contribution is 2.21. The summed E-state index contributed by atoms with van der Waals surface area (Å²) in [6, 6.07) is 0.799. The van der Waals surface area contributed by atoms with Crippen LogP contribution in [-0.2, 0) is 4.79 Å². The molecule has 1 aliphatic carbocycles. The summed E-state index contributed by atoms with van der Waals surface area (Å²) in [5.41, 5.74) is 0. The Morgan fingerprint density at radius 3 is 2.63 bits per heavy atom. The molecule has 1 aliphatic heterocycles. The van der Waals surface area contributed by atoms with Gasteiger partial charge in [0, 0.05) is 25.7 Å². The van der Waals surface area contributed by atoms with Crippen LogP contribution >= 0.6 is 0 Å². The second-order valence-corrected chi connectivity index (χ2v) is 5.99. The van der Waals surface area contributed by atoms with E-state index in [4.69, 9.17) is 0 Å². The van der Waals surface area contributed by atoms with Crippen LogP contribution in [-0.4, -0.2) is 61.0 Å². The van der Waals surface area contributed by atoms with Crippen molar-refractivity contribution in [3.63, 3.8) is 0 Å². The molecule has 0 aromatic heterocycles. The highest BCUT2D eigenvalue weighted by Gasteiger charge is 2.25. The SMILES string of the molecule is CCN(CC)C(=O)CN1CCCC(CNC2CC2)C1. The molecular weight excluding hydrogens is 238 g/mol. The minimum atomic E-state index is 0.292. The molecule has 1 N–H and O–H groups in total. The predicted octanol–water partition coefficient (Wildman–Crippen LogP) is 1.32. The van der Waals surface area contributed by atoms with Crippen LogP contribution in [0.1, 0.15) is 39.5 Å². The number of likely N-dealkylation sites (N-methyl/N-ethyl adjacent to an activating group) is 1. The zero-order valence-corrected chi connectivity index (χ0v) is 12.5. The summed E-state index contributed by atoms with van der Waals surface area (Å²) in [5.74, 6) is 1.03. The van der Waals surface area contributed by atoms with Crippen molar-refractivity contribution in [1.29, 1.82) is 0 Å². The maximum atomic E-state index is 12.1. The van der Waals surface area contributed by atoms with Crippen molar-refractivity contribution in [3.8, 4) is 0 Å². The van der Waals surface area contributed by atoms with Crippen LogP contribution < -0.4 is 5.32 Å². The van der Waals surface area contributed by atoms with Crippen LogP contribution in [0.25, 0.3) is 0 Å². The van der Waals surface area contributed by atoms with Gasteiger partial charge < -0.3 is 10.2 Å². The molecule has 1 saturated carbocycles. The molecule has 0 aromatic rings. The standard InChI is InChI=1S/C15H29N3O/c1-3-18(4-2)15(19)12-17-9-5-6-13(11-17)10-16-14-7-8-14/h13-14,16H,3-12H2,1-2H3. The van der Waals surface area contributed by atoms with Gasteiger partial charge in [-0.3, -0.25) is 9.69 Å². The number of likely N-dealkylation sites (tertiary alicyclic amines) is 1. The number of nitrogens with one attached hydrogen (secondary N) is 1. The molecule has 0 bridgehead atoms. The number of piperidine rings is 1. The van der Waals surface area contributed by atoms with Gasteiger partial charge in [0.1, 0.15) is 0 Å². The molecule has 1 saturated heterocycles. The first-order valence-corrected chi connectivity index (χ1v) is 7.96. The Hall–Kier alpha value is -0.610. The quantitative estimate of drug-likeness (QED) is 0.755. The van der Waals surface area contributed by atoms with Crippen molar-refractivity contribution in [2.45, 2.75) is 45.6 Å². The summed E-state index contributed by atoms with van der Waals surface area (Å²) in [6.45, 7) is 9.70. The monoisotopic (exact) mass is 267 g/mol. The van der Waals surface area contributed by atoms with Crippen molar-refractivity contribution in [3.05, 3.63) is 0 Å². The van der Waals surface area contributed by atoms with Crippen LogP contribution in [0.15, 0.2) is 0 Å². The Morgan fingerprint density at radius 1 is 1.26 bits per heavy atom. The maximum Gasteiger partial charge on any atom is 0.236 e. The van der Waals surface area contributed by atoms with Crippen molar-refractivity contribution in [1.82, 2.24) is 15.1 Å². The average molecular weight is 267 g/mol. The van der Waals surface area contributed by atoms with Gasteiger partial charge >= 0.3 is 0 Å². The predicted molar refractivity (Wildman–Crippen MR) is 78.1 cm³/mol. The summed E-state index contributed by atoms with van der Waals surface area (Å²) in [4.78, 5) is 16.4. The number of hydrogen-bond donors (Lipinski definition) is 1. The largest absolute Gasteiger partial charge is 0.342 e. The zero-order chi connectivity index (χ0) is 13.7. The first kappa shape index (κ1) is 14.8. The van der Waals surface area contributed by atoms with E-state index in [9.17, 15) is 4.79 Å². The van der Waals surface area contributed by atoms with E-state index >= 15 is 0 Å². The second kappa shape index (κ2) is 7.25. The van der Waals surface area contributed by atoms with Crippen molar-refractivity contribution in [2.24, 2.45) is 5.92 Å². The third kappa shape index (κ3) is 4.77. The fourth-order valence-electron chi connectivity index (χ4n) is 2.95. The Balaban J connectivity index is 1.71. The van der Waals surface area contributed by atoms with Crippen molar-refractivity contribution in [2.75, 3.05) is 39.3 Å². The molecule has 2 rings (SSSR count). The van der Waals surface area contributed by atoms with Crippen molar-refractivity contribution < 1.29 is 4.79 Å². The molecule has 4 heteroatoms. The van der Waals surface area contributed by atoms with E-state index in [0.717, 1.165) is 44.7 Å². The highest BCUT2D eigenvalue weighted by atomic mass is 16.2. The van der Waals surface area contributed by atoms with E-state index < -0.39 is 0 Å². The Kier molecular flexibility index (Phi) is 5.64. The van der Waals surface area contributed by atoms with E-state index in [1.165, 1.54) is 25.7 Å².